The van der Waals surface area contributed by atoms with Gasteiger partial charge in [-0.05, 0) is 23.3 Å². The van der Waals surface area contributed by atoms with Crippen LogP contribution >= 0.6 is 0 Å². The lowest BCUT2D eigenvalue weighted by molar-refractivity contribution is -0.121. The number of carbonyl (C=O) groups excluding carboxylic acids is 1. The van der Waals surface area contributed by atoms with E-state index in [1.54, 1.807) is 19.6 Å². The molecule has 128 valence electrons. The minimum atomic E-state index is -0.117. The number of amides is 1. The van der Waals surface area contributed by atoms with Crippen molar-refractivity contribution in [2.24, 2.45) is 0 Å². The predicted octanol–water partition coefficient (Wildman–Crippen LogP) is 2.99. The molecule has 1 N–H and O–H groups in total. The van der Waals surface area contributed by atoms with E-state index in [9.17, 15) is 4.79 Å². The minimum absolute atomic E-state index is 0.0257. The van der Waals surface area contributed by atoms with E-state index in [1.807, 2.05) is 65.4 Å². The summed E-state index contributed by atoms with van der Waals surface area (Å²) in [6, 6.07) is 17.4. The molecule has 2 aromatic carbocycles. The summed E-state index contributed by atoms with van der Waals surface area (Å²) in [5, 5.41) is 3.13. The molecule has 3 aromatic rings. The second kappa shape index (κ2) is 8.15. The third kappa shape index (κ3) is 4.70. The van der Waals surface area contributed by atoms with Crippen LogP contribution in [0.3, 0.4) is 0 Å². The molecular formula is C20H21N3O2. The fraction of sp³-hybridized carbons (Fsp3) is 0.200. The van der Waals surface area contributed by atoms with Gasteiger partial charge < -0.3 is 14.6 Å². The number of aromatic nitrogens is 2. The molecule has 0 aliphatic rings. The summed E-state index contributed by atoms with van der Waals surface area (Å²) < 4.78 is 7.18. The molecule has 1 unspecified atom stereocenters. The number of carbonyl (C=O) groups is 1. The van der Waals surface area contributed by atoms with Crippen molar-refractivity contribution in [1.29, 1.82) is 0 Å². The van der Waals surface area contributed by atoms with Crippen molar-refractivity contribution in [2.45, 2.75) is 19.0 Å². The van der Waals surface area contributed by atoms with Gasteiger partial charge in [0.15, 0.2) is 0 Å². The van der Waals surface area contributed by atoms with Crippen molar-refractivity contribution in [3.8, 4) is 5.75 Å². The van der Waals surface area contributed by atoms with Gasteiger partial charge in [0.1, 0.15) is 5.75 Å². The number of hydrogen-bond acceptors (Lipinski definition) is 3. The molecule has 0 spiro atoms. The van der Waals surface area contributed by atoms with E-state index in [4.69, 9.17) is 4.74 Å². The largest absolute Gasteiger partial charge is 0.497 e. The van der Waals surface area contributed by atoms with E-state index >= 15 is 0 Å². The Bertz CT molecular complexity index is 801. The first-order valence-corrected chi connectivity index (χ1v) is 8.17. The average Bonchev–Trinajstić information content (AvgIpc) is 3.15. The number of ether oxygens (including phenoxy) is 1. The molecule has 1 atom stereocenters. The Morgan fingerprint density at radius 3 is 2.76 bits per heavy atom. The fourth-order valence-corrected chi connectivity index (χ4v) is 2.74. The van der Waals surface area contributed by atoms with Crippen LogP contribution in [0.4, 0.5) is 0 Å². The Hall–Kier alpha value is -3.08. The molecule has 0 saturated carbocycles. The Morgan fingerprint density at radius 2 is 2.04 bits per heavy atom. The lowest BCUT2D eigenvalue weighted by atomic mass is 10.1. The first-order chi connectivity index (χ1) is 12.2. The molecule has 3 rings (SSSR count). The number of imidazole rings is 1. The summed E-state index contributed by atoms with van der Waals surface area (Å²) in [6.45, 7) is 0.633. The lowest BCUT2D eigenvalue weighted by Crippen LogP contribution is -2.32. The Balaban J connectivity index is 1.71. The predicted molar refractivity (Wildman–Crippen MR) is 96.3 cm³/mol. The van der Waals surface area contributed by atoms with Gasteiger partial charge in [-0.25, -0.2) is 4.98 Å². The number of nitrogens with zero attached hydrogens (tertiary/aromatic N) is 2. The van der Waals surface area contributed by atoms with Crippen LogP contribution < -0.4 is 10.1 Å². The maximum Gasteiger partial charge on any atom is 0.224 e. The normalized spacial score (nSPS) is 11.7. The van der Waals surface area contributed by atoms with Crippen LogP contribution in [0.15, 0.2) is 73.3 Å². The number of rotatable bonds is 7. The van der Waals surface area contributed by atoms with Crippen LogP contribution in [0.25, 0.3) is 0 Å². The van der Waals surface area contributed by atoms with Crippen molar-refractivity contribution in [1.82, 2.24) is 14.9 Å². The van der Waals surface area contributed by atoms with Crippen molar-refractivity contribution >= 4 is 5.91 Å². The maximum absolute atomic E-state index is 12.5. The van der Waals surface area contributed by atoms with E-state index < -0.39 is 0 Å². The molecular weight excluding hydrogens is 314 g/mol. The number of nitrogens with one attached hydrogen (secondary N) is 1. The Kier molecular flexibility index (Phi) is 5.46. The van der Waals surface area contributed by atoms with Crippen LogP contribution in [0.5, 0.6) is 5.75 Å². The van der Waals surface area contributed by atoms with Crippen LogP contribution in [0, 0.1) is 0 Å². The van der Waals surface area contributed by atoms with Crippen molar-refractivity contribution in [2.75, 3.05) is 7.11 Å². The van der Waals surface area contributed by atoms with Gasteiger partial charge in [0.25, 0.3) is 0 Å². The highest BCUT2D eigenvalue weighted by molar-refractivity contribution is 5.79. The second-order valence-electron chi connectivity index (χ2n) is 5.82. The van der Waals surface area contributed by atoms with Gasteiger partial charge in [0, 0.05) is 18.9 Å². The smallest absolute Gasteiger partial charge is 0.224 e. The van der Waals surface area contributed by atoms with Gasteiger partial charge in [0.05, 0.1) is 25.9 Å². The SMILES string of the molecule is COc1cccc(CC(=O)NC(Cn2ccnc2)c2ccccc2)c1. The van der Waals surface area contributed by atoms with Gasteiger partial charge in [-0.2, -0.15) is 0 Å². The van der Waals surface area contributed by atoms with Gasteiger partial charge in [-0.1, -0.05) is 42.5 Å². The third-order valence-electron chi connectivity index (χ3n) is 3.99. The Labute approximate surface area is 147 Å². The molecule has 0 radical (unpaired) electrons. The van der Waals surface area contributed by atoms with Gasteiger partial charge in [0.2, 0.25) is 5.91 Å². The highest BCUT2D eigenvalue weighted by Gasteiger charge is 2.15. The van der Waals surface area contributed by atoms with Crippen LogP contribution in [0.2, 0.25) is 0 Å². The molecule has 1 amide bonds. The average molecular weight is 335 g/mol. The van der Waals surface area contributed by atoms with Gasteiger partial charge in [-0.15, -0.1) is 0 Å². The summed E-state index contributed by atoms with van der Waals surface area (Å²) in [6.07, 6.45) is 5.69. The van der Waals surface area contributed by atoms with Crippen molar-refractivity contribution in [3.05, 3.63) is 84.4 Å². The van der Waals surface area contributed by atoms with Crippen LogP contribution in [0.1, 0.15) is 17.2 Å². The monoisotopic (exact) mass is 335 g/mol. The molecule has 0 aliphatic carbocycles. The fourth-order valence-electron chi connectivity index (χ4n) is 2.74. The lowest BCUT2D eigenvalue weighted by Gasteiger charge is -2.20. The summed E-state index contributed by atoms with van der Waals surface area (Å²) in [4.78, 5) is 16.6. The topological polar surface area (TPSA) is 56.1 Å². The molecule has 5 nitrogen and oxygen atoms in total. The van der Waals surface area contributed by atoms with E-state index in [-0.39, 0.29) is 11.9 Å². The maximum atomic E-state index is 12.5. The van der Waals surface area contributed by atoms with Gasteiger partial charge >= 0.3 is 0 Å². The van der Waals surface area contributed by atoms with Crippen LogP contribution in [-0.2, 0) is 17.8 Å². The molecule has 25 heavy (non-hydrogen) atoms. The molecule has 0 bridgehead atoms. The van der Waals surface area contributed by atoms with Gasteiger partial charge in [-0.3, -0.25) is 4.79 Å². The highest BCUT2D eigenvalue weighted by atomic mass is 16.5. The van der Waals surface area contributed by atoms with Crippen molar-refractivity contribution < 1.29 is 9.53 Å². The zero-order valence-electron chi connectivity index (χ0n) is 14.1. The van der Waals surface area contributed by atoms with E-state index in [1.165, 1.54) is 0 Å². The quantitative estimate of drug-likeness (QED) is 0.722. The number of benzene rings is 2. The van der Waals surface area contributed by atoms with E-state index in [0.29, 0.717) is 13.0 Å². The molecule has 0 saturated heterocycles. The first-order valence-electron chi connectivity index (χ1n) is 8.17. The van der Waals surface area contributed by atoms with E-state index in [0.717, 1.165) is 16.9 Å². The highest BCUT2D eigenvalue weighted by Crippen LogP contribution is 2.17. The summed E-state index contributed by atoms with van der Waals surface area (Å²) in [5.74, 6) is 0.727. The standard InChI is InChI=1S/C20H21N3O2/c1-25-18-9-5-6-16(12-18)13-20(24)22-19(14-23-11-10-21-15-23)17-7-3-2-4-8-17/h2-12,15,19H,13-14H2,1H3,(H,22,24). The molecule has 0 aliphatic heterocycles. The minimum Gasteiger partial charge on any atom is -0.497 e. The number of hydrogen-bond donors (Lipinski definition) is 1. The second-order valence-corrected chi connectivity index (χ2v) is 5.82. The summed E-state index contributed by atoms with van der Waals surface area (Å²) >= 11 is 0. The van der Waals surface area contributed by atoms with E-state index in [2.05, 4.69) is 10.3 Å². The van der Waals surface area contributed by atoms with Crippen LogP contribution in [-0.4, -0.2) is 22.6 Å². The third-order valence-corrected chi connectivity index (χ3v) is 3.99. The van der Waals surface area contributed by atoms with Crippen molar-refractivity contribution in [3.63, 3.8) is 0 Å². The Morgan fingerprint density at radius 1 is 1.20 bits per heavy atom. The molecule has 0 fully saturated rings. The molecule has 1 heterocycles. The zero-order chi connectivity index (χ0) is 17.5. The zero-order valence-corrected chi connectivity index (χ0v) is 14.1. The number of methoxy groups -OCH3 is 1. The summed E-state index contributed by atoms with van der Waals surface area (Å²) in [7, 11) is 1.62. The molecule has 5 heteroatoms. The molecule has 1 aromatic heterocycles. The summed E-state index contributed by atoms with van der Waals surface area (Å²) in [5.41, 5.74) is 1.99. The first kappa shape index (κ1) is 16.8.